The Balaban J connectivity index is 1.41. The largest absolute Gasteiger partial charge is 0.496 e. The van der Waals surface area contributed by atoms with Crippen molar-refractivity contribution in [3.8, 4) is 16.9 Å². The quantitative estimate of drug-likeness (QED) is 0.219. The van der Waals surface area contributed by atoms with E-state index in [1.165, 1.54) is 12.5 Å². The molecule has 6 rings (SSSR count). The molecule has 2 aromatic rings. The Morgan fingerprint density at radius 3 is 2.47 bits per heavy atom. The van der Waals surface area contributed by atoms with Crippen molar-refractivity contribution in [1.82, 2.24) is 20.6 Å². The van der Waals surface area contributed by atoms with Crippen LogP contribution in [0.3, 0.4) is 0 Å². The molecule has 1 heterocycles. The van der Waals surface area contributed by atoms with E-state index in [0.717, 1.165) is 12.8 Å². The number of nitrogens with one attached hydrogen (secondary N) is 2. The van der Waals surface area contributed by atoms with Crippen molar-refractivity contribution >= 4 is 11.8 Å². The van der Waals surface area contributed by atoms with Gasteiger partial charge in [-0.05, 0) is 87.1 Å². The number of ether oxygens (including phenoxy) is 1. The highest BCUT2D eigenvalue weighted by Gasteiger charge is 2.57. The van der Waals surface area contributed by atoms with Crippen molar-refractivity contribution < 1.29 is 33.8 Å². The summed E-state index contributed by atoms with van der Waals surface area (Å²) in [5, 5.41) is 29.0. The molecule has 3 aliphatic carbocycles. The van der Waals surface area contributed by atoms with Crippen molar-refractivity contribution in [3.05, 3.63) is 53.3 Å². The summed E-state index contributed by atoms with van der Waals surface area (Å²) in [7, 11) is 5.42. The summed E-state index contributed by atoms with van der Waals surface area (Å²) < 4.78 is 21.1. The SMILES string of the molecule is COc1c(CN2O[C@@H](CO)[C@@H]([C@H](C)O)[C@H]2C(=O)N[C@H]2C[C@H]3C[C@H]([C@@H]2C)C3(C)C)cccc1-c1ccc(F)c(C(=O)N[C@H](CC(C)C)CN(C)C)c1. The third-order valence-corrected chi connectivity index (χ3v) is 11.9. The van der Waals surface area contributed by atoms with E-state index in [-0.39, 0.29) is 42.1 Å². The van der Waals surface area contributed by atoms with Gasteiger partial charge in [0.25, 0.3) is 5.91 Å². The molecule has 4 fully saturated rings. The number of rotatable bonds is 14. The molecule has 11 heteroatoms. The molecule has 0 spiro atoms. The van der Waals surface area contributed by atoms with E-state index in [4.69, 9.17) is 9.57 Å². The van der Waals surface area contributed by atoms with Gasteiger partial charge in [-0.25, -0.2) is 4.39 Å². The van der Waals surface area contributed by atoms with Gasteiger partial charge in [0.1, 0.15) is 23.7 Å². The Labute approximate surface area is 303 Å². The molecule has 3 saturated carbocycles. The molecule has 1 aliphatic heterocycles. The Morgan fingerprint density at radius 2 is 1.88 bits per heavy atom. The van der Waals surface area contributed by atoms with Crippen molar-refractivity contribution in [2.24, 2.45) is 35.0 Å². The first-order valence-electron chi connectivity index (χ1n) is 18.5. The summed E-state index contributed by atoms with van der Waals surface area (Å²) >= 11 is 0. The molecule has 0 unspecified atom stereocenters. The monoisotopic (exact) mass is 710 g/mol. The lowest BCUT2D eigenvalue weighted by atomic mass is 9.45. The maximum absolute atomic E-state index is 15.2. The first-order valence-corrected chi connectivity index (χ1v) is 18.5. The number of hydroxylamine groups is 2. The molecule has 9 atom stereocenters. The van der Waals surface area contributed by atoms with Crippen molar-refractivity contribution in [2.45, 2.75) is 97.7 Å². The fourth-order valence-electron chi connectivity index (χ4n) is 9.15. The average Bonchev–Trinajstić information content (AvgIpc) is 3.43. The molecule has 10 nitrogen and oxygen atoms in total. The summed E-state index contributed by atoms with van der Waals surface area (Å²) in [6.45, 7) is 13.0. The van der Waals surface area contributed by atoms with Crippen LogP contribution in [-0.4, -0.2) is 96.7 Å². The minimum absolute atomic E-state index is 0.0187. The van der Waals surface area contributed by atoms with Crippen LogP contribution in [0.2, 0.25) is 0 Å². The fourth-order valence-corrected chi connectivity index (χ4v) is 9.15. The van der Waals surface area contributed by atoms with Gasteiger partial charge < -0.3 is 30.5 Å². The molecule has 0 radical (unpaired) electrons. The van der Waals surface area contributed by atoms with Gasteiger partial charge in [0.2, 0.25) is 5.91 Å². The number of halogens is 1. The van der Waals surface area contributed by atoms with E-state index in [9.17, 15) is 19.8 Å². The number of hydrogen-bond donors (Lipinski definition) is 4. The lowest BCUT2D eigenvalue weighted by molar-refractivity contribution is -0.183. The van der Waals surface area contributed by atoms with Crippen LogP contribution in [0.25, 0.3) is 11.1 Å². The average molecular weight is 711 g/mol. The van der Waals surface area contributed by atoms with Gasteiger partial charge in [-0.1, -0.05) is 58.9 Å². The van der Waals surface area contributed by atoms with Crippen LogP contribution in [0, 0.1) is 40.8 Å². The molecule has 4 aliphatic rings. The maximum atomic E-state index is 15.2. The highest BCUT2D eigenvalue weighted by Crippen LogP contribution is 2.61. The lowest BCUT2D eigenvalue weighted by Crippen LogP contribution is -2.62. The Kier molecular flexibility index (Phi) is 12.2. The van der Waals surface area contributed by atoms with Crippen LogP contribution in [-0.2, 0) is 16.2 Å². The predicted molar refractivity (Wildman–Crippen MR) is 195 cm³/mol. The molecule has 2 aromatic carbocycles. The number of fused-ring (bicyclic) bond motifs is 2. The van der Waals surface area contributed by atoms with E-state index in [2.05, 4.69) is 45.3 Å². The number of hydrogen-bond acceptors (Lipinski definition) is 8. The van der Waals surface area contributed by atoms with Crippen LogP contribution in [0.15, 0.2) is 36.4 Å². The zero-order valence-electron chi connectivity index (χ0n) is 31.8. The van der Waals surface area contributed by atoms with E-state index >= 15 is 4.39 Å². The van der Waals surface area contributed by atoms with Gasteiger partial charge in [-0.2, -0.15) is 5.06 Å². The third-order valence-electron chi connectivity index (χ3n) is 11.9. The number of aliphatic hydroxyl groups excluding tert-OH is 2. The zero-order chi connectivity index (χ0) is 37.4. The lowest BCUT2D eigenvalue weighted by Gasteiger charge is -2.62. The molecular weight excluding hydrogens is 651 g/mol. The third kappa shape index (κ3) is 8.13. The molecule has 282 valence electrons. The van der Waals surface area contributed by atoms with Crippen LogP contribution in [0.4, 0.5) is 4.39 Å². The number of methoxy groups -OCH3 is 1. The molecule has 2 amide bonds. The predicted octanol–water partition coefficient (Wildman–Crippen LogP) is 4.87. The molecule has 2 bridgehead atoms. The second-order valence-electron chi connectivity index (χ2n) is 16.5. The van der Waals surface area contributed by atoms with E-state index in [1.54, 1.807) is 31.2 Å². The smallest absolute Gasteiger partial charge is 0.254 e. The second kappa shape index (κ2) is 15.9. The highest BCUT2D eigenvalue weighted by atomic mass is 19.1. The number of amides is 2. The Hall–Kier alpha value is -3.09. The van der Waals surface area contributed by atoms with E-state index in [0.29, 0.717) is 52.7 Å². The van der Waals surface area contributed by atoms with Gasteiger partial charge in [-0.3, -0.25) is 14.4 Å². The van der Waals surface area contributed by atoms with Gasteiger partial charge in [0.15, 0.2) is 0 Å². The first kappa shape index (κ1) is 39.1. The van der Waals surface area contributed by atoms with Crippen LogP contribution in [0.5, 0.6) is 5.75 Å². The van der Waals surface area contributed by atoms with Crippen molar-refractivity contribution in [2.75, 3.05) is 34.4 Å². The van der Waals surface area contributed by atoms with Crippen LogP contribution < -0.4 is 15.4 Å². The van der Waals surface area contributed by atoms with Gasteiger partial charge in [-0.15, -0.1) is 0 Å². The Bertz CT molecular complexity index is 1540. The summed E-state index contributed by atoms with van der Waals surface area (Å²) in [4.78, 5) is 35.8. The Morgan fingerprint density at radius 1 is 1.16 bits per heavy atom. The fraction of sp³-hybridized carbons (Fsp3) is 0.650. The summed E-state index contributed by atoms with van der Waals surface area (Å²) in [5.74, 6) is 0.240. The van der Waals surface area contributed by atoms with Gasteiger partial charge in [0.05, 0.1) is 31.9 Å². The molecule has 51 heavy (non-hydrogen) atoms. The number of nitrogens with zero attached hydrogens (tertiary/aromatic N) is 2. The van der Waals surface area contributed by atoms with Gasteiger partial charge in [0, 0.05) is 35.7 Å². The van der Waals surface area contributed by atoms with Crippen molar-refractivity contribution in [3.63, 3.8) is 0 Å². The normalized spacial score (nSPS) is 28.3. The number of para-hydroxylation sites is 1. The van der Waals surface area contributed by atoms with E-state index in [1.807, 2.05) is 37.2 Å². The molecule has 0 aromatic heterocycles. The molecule has 1 saturated heterocycles. The highest BCUT2D eigenvalue weighted by molar-refractivity contribution is 5.96. The number of likely N-dealkylation sites (N-methyl/N-ethyl adjacent to an activating group) is 1. The van der Waals surface area contributed by atoms with E-state index < -0.39 is 35.9 Å². The minimum Gasteiger partial charge on any atom is -0.496 e. The first-order chi connectivity index (χ1) is 24.1. The van der Waals surface area contributed by atoms with Crippen molar-refractivity contribution in [1.29, 1.82) is 0 Å². The standard InChI is InChI=1S/C40H59FN4O6/c1-22(2)15-28(20-44(7)8)42-38(48)30-16-25(13-14-32(30)41)29-12-10-11-26(37(29)50-9)19-45-36(35(24(4)47)34(21-46)51-45)39(49)43-33-18-27-17-31(23(33)3)40(27,5)6/h10-14,16,22-24,27-28,31,33-36,46-47H,15,17-21H2,1-9H3,(H,42,48)(H,43,49)/t23-,24-,27+,28+,31+,33-,34-,35+,36-/m0/s1. The van der Waals surface area contributed by atoms with Crippen LogP contribution >= 0.6 is 0 Å². The second-order valence-corrected chi connectivity index (χ2v) is 16.5. The number of benzene rings is 2. The summed E-state index contributed by atoms with van der Waals surface area (Å²) in [6.07, 6.45) is 1.15. The summed E-state index contributed by atoms with van der Waals surface area (Å²) in [5.41, 5.74) is 2.12. The number of carbonyl (C=O) groups is 2. The molecule has 4 N–H and O–H groups in total. The topological polar surface area (TPSA) is 124 Å². The summed E-state index contributed by atoms with van der Waals surface area (Å²) in [6, 6.07) is 8.99. The van der Waals surface area contributed by atoms with Gasteiger partial charge >= 0.3 is 0 Å². The zero-order valence-corrected chi connectivity index (χ0v) is 31.8. The number of aliphatic hydroxyl groups is 2. The van der Waals surface area contributed by atoms with Crippen LogP contribution in [0.1, 0.15) is 76.7 Å². The maximum Gasteiger partial charge on any atom is 0.254 e. The molecular formula is C40H59FN4O6. The number of carbonyl (C=O) groups excluding carboxylic acids is 2. The minimum atomic E-state index is -0.922.